The number of pyridine rings is 1. The van der Waals surface area contributed by atoms with Crippen LogP contribution in [0.1, 0.15) is 51.0 Å². The summed E-state index contributed by atoms with van der Waals surface area (Å²) in [5, 5.41) is 6.82. The van der Waals surface area contributed by atoms with E-state index in [-0.39, 0.29) is 24.0 Å². The maximum atomic E-state index is 6.10. The Morgan fingerprint density at radius 2 is 2.04 bits per heavy atom. The monoisotopic (exact) mass is 456 g/mol. The topological polar surface area (TPSA) is 58.5 Å². The third-order valence-electron chi connectivity index (χ3n) is 4.53. The van der Waals surface area contributed by atoms with Crippen LogP contribution in [0.4, 0.5) is 0 Å². The maximum Gasteiger partial charge on any atom is 0.218 e. The molecule has 3 rings (SSSR count). The van der Waals surface area contributed by atoms with Gasteiger partial charge in [0.1, 0.15) is 6.10 Å². The van der Waals surface area contributed by atoms with Crippen molar-refractivity contribution in [2.75, 3.05) is 6.54 Å². The number of halogens is 1. The van der Waals surface area contributed by atoms with Crippen LogP contribution in [0, 0.1) is 0 Å². The fourth-order valence-electron chi connectivity index (χ4n) is 3.23. The van der Waals surface area contributed by atoms with Gasteiger partial charge in [-0.1, -0.05) is 18.2 Å². The SMILES string of the molecule is CCNC(=NCc1cccnc1OC1CCCC1)NC1CC=CC1.I. The van der Waals surface area contributed by atoms with Gasteiger partial charge in [-0.25, -0.2) is 9.98 Å². The van der Waals surface area contributed by atoms with Gasteiger partial charge in [0, 0.05) is 24.3 Å². The minimum atomic E-state index is 0. The normalized spacial score (nSPS) is 18.2. The van der Waals surface area contributed by atoms with Crippen LogP contribution in [-0.4, -0.2) is 29.6 Å². The molecule has 5 nitrogen and oxygen atoms in total. The molecule has 0 radical (unpaired) electrons. The lowest BCUT2D eigenvalue weighted by molar-refractivity contribution is 0.199. The number of nitrogens with one attached hydrogen (secondary N) is 2. The van der Waals surface area contributed by atoms with E-state index in [1.165, 1.54) is 12.8 Å². The summed E-state index contributed by atoms with van der Waals surface area (Å²) < 4.78 is 6.10. The molecule has 1 fully saturated rings. The van der Waals surface area contributed by atoms with E-state index in [1.54, 1.807) is 6.20 Å². The molecular weight excluding hydrogens is 427 g/mol. The van der Waals surface area contributed by atoms with Crippen molar-refractivity contribution in [1.82, 2.24) is 15.6 Å². The highest BCUT2D eigenvalue weighted by Gasteiger charge is 2.18. The van der Waals surface area contributed by atoms with E-state index in [9.17, 15) is 0 Å². The summed E-state index contributed by atoms with van der Waals surface area (Å²) in [5.74, 6) is 1.61. The zero-order valence-electron chi connectivity index (χ0n) is 14.9. The Balaban J connectivity index is 0.00000225. The van der Waals surface area contributed by atoms with Crippen molar-refractivity contribution in [3.05, 3.63) is 36.0 Å². The number of nitrogens with zero attached hydrogens (tertiary/aromatic N) is 2. The van der Waals surface area contributed by atoms with Crippen molar-refractivity contribution in [3.63, 3.8) is 0 Å². The first-order chi connectivity index (χ1) is 11.8. The summed E-state index contributed by atoms with van der Waals surface area (Å²) in [4.78, 5) is 9.16. The fourth-order valence-corrected chi connectivity index (χ4v) is 3.23. The lowest BCUT2D eigenvalue weighted by Gasteiger charge is -2.17. The molecule has 1 aromatic heterocycles. The van der Waals surface area contributed by atoms with Crippen LogP contribution in [0.3, 0.4) is 0 Å². The van der Waals surface area contributed by atoms with Crippen LogP contribution in [0.2, 0.25) is 0 Å². The molecule has 0 aliphatic heterocycles. The Bertz CT molecular complexity index is 577. The van der Waals surface area contributed by atoms with E-state index >= 15 is 0 Å². The number of aliphatic imine (C=N–C) groups is 1. The molecule has 0 bridgehead atoms. The standard InChI is InChI=1S/C19H28N4O.HI/c1-2-20-19(23-16-9-3-4-10-16)22-14-15-8-7-13-21-18(15)24-17-11-5-6-12-17;/h3-4,7-8,13,16-17H,2,5-6,9-12,14H2,1H3,(H2,20,22,23);1H. The second-order valence-corrected chi connectivity index (χ2v) is 6.47. The lowest BCUT2D eigenvalue weighted by Crippen LogP contribution is -2.42. The number of hydrogen-bond donors (Lipinski definition) is 2. The van der Waals surface area contributed by atoms with Gasteiger partial charge in [0.25, 0.3) is 0 Å². The largest absolute Gasteiger partial charge is 0.474 e. The predicted molar refractivity (Wildman–Crippen MR) is 113 cm³/mol. The van der Waals surface area contributed by atoms with Gasteiger partial charge in [-0.3, -0.25) is 0 Å². The van der Waals surface area contributed by atoms with Gasteiger partial charge in [-0.2, -0.15) is 0 Å². The van der Waals surface area contributed by atoms with Gasteiger partial charge >= 0.3 is 0 Å². The van der Waals surface area contributed by atoms with Crippen LogP contribution in [0.25, 0.3) is 0 Å². The highest BCUT2D eigenvalue weighted by atomic mass is 127. The van der Waals surface area contributed by atoms with Crippen LogP contribution < -0.4 is 15.4 Å². The second-order valence-electron chi connectivity index (χ2n) is 6.47. The summed E-state index contributed by atoms with van der Waals surface area (Å²) in [7, 11) is 0. The Morgan fingerprint density at radius 1 is 1.28 bits per heavy atom. The van der Waals surface area contributed by atoms with E-state index < -0.39 is 0 Å². The Hall–Kier alpha value is -1.31. The first-order valence-corrected chi connectivity index (χ1v) is 9.15. The van der Waals surface area contributed by atoms with Crippen LogP contribution >= 0.6 is 24.0 Å². The highest BCUT2D eigenvalue weighted by molar-refractivity contribution is 14.0. The zero-order valence-corrected chi connectivity index (χ0v) is 17.2. The number of aromatic nitrogens is 1. The first kappa shape index (κ1) is 20.0. The highest BCUT2D eigenvalue weighted by Crippen LogP contribution is 2.25. The minimum absolute atomic E-state index is 0. The van der Waals surface area contributed by atoms with Crippen LogP contribution in [-0.2, 0) is 6.54 Å². The molecule has 2 aliphatic carbocycles. The van der Waals surface area contributed by atoms with Gasteiger partial charge < -0.3 is 15.4 Å². The van der Waals surface area contributed by atoms with E-state index in [0.717, 1.165) is 49.6 Å². The predicted octanol–water partition coefficient (Wildman–Crippen LogP) is 3.79. The summed E-state index contributed by atoms with van der Waals surface area (Å²) in [5.41, 5.74) is 1.05. The van der Waals surface area contributed by atoms with Crippen LogP contribution in [0.5, 0.6) is 5.88 Å². The van der Waals surface area contributed by atoms with Crippen molar-refractivity contribution >= 4 is 29.9 Å². The number of guanidine groups is 1. The summed E-state index contributed by atoms with van der Waals surface area (Å²) in [6.07, 6.45) is 13.5. The lowest BCUT2D eigenvalue weighted by atomic mass is 10.2. The van der Waals surface area contributed by atoms with E-state index in [2.05, 4.69) is 40.8 Å². The van der Waals surface area contributed by atoms with E-state index in [1.807, 2.05) is 6.07 Å². The van der Waals surface area contributed by atoms with Gasteiger partial charge in [-0.05, 0) is 51.5 Å². The quantitative estimate of drug-likeness (QED) is 0.296. The summed E-state index contributed by atoms with van der Waals surface area (Å²) in [6.45, 7) is 3.51. The van der Waals surface area contributed by atoms with Crippen molar-refractivity contribution in [1.29, 1.82) is 0 Å². The molecule has 1 heterocycles. The van der Waals surface area contributed by atoms with Gasteiger partial charge in [-0.15, -0.1) is 24.0 Å². The zero-order chi connectivity index (χ0) is 16.6. The molecule has 0 spiro atoms. The molecular formula is C19H29IN4O. The number of ether oxygens (including phenoxy) is 1. The molecule has 6 heteroatoms. The molecule has 138 valence electrons. The second kappa shape index (κ2) is 10.6. The van der Waals surface area contributed by atoms with Gasteiger partial charge in [0.2, 0.25) is 5.88 Å². The molecule has 25 heavy (non-hydrogen) atoms. The van der Waals surface area contributed by atoms with Gasteiger partial charge in [0.15, 0.2) is 5.96 Å². The Morgan fingerprint density at radius 3 is 2.76 bits per heavy atom. The van der Waals surface area contributed by atoms with Crippen molar-refractivity contribution < 1.29 is 4.74 Å². The van der Waals surface area contributed by atoms with Crippen molar-refractivity contribution in [3.8, 4) is 5.88 Å². The maximum absolute atomic E-state index is 6.10. The molecule has 2 aliphatic rings. The van der Waals surface area contributed by atoms with Crippen molar-refractivity contribution in [2.24, 2.45) is 4.99 Å². The summed E-state index contributed by atoms with van der Waals surface area (Å²) in [6, 6.07) is 4.46. The van der Waals surface area contributed by atoms with E-state index in [4.69, 9.17) is 9.73 Å². The molecule has 0 saturated heterocycles. The third-order valence-corrected chi connectivity index (χ3v) is 4.53. The molecule has 0 unspecified atom stereocenters. The molecule has 0 aromatic carbocycles. The minimum Gasteiger partial charge on any atom is -0.474 e. The van der Waals surface area contributed by atoms with E-state index in [0.29, 0.717) is 18.7 Å². The third kappa shape index (κ3) is 6.17. The van der Waals surface area contributed by atoms with Crippen molar-refractivity contribution in [2.45, 2.75) is 64.1 Å². The molecule has 0 amide bonds. The fraction of sp³-hybridized carbons (Fsp3) is 0.579. The summed E-state index contributed by atoms with van der Waals surface area (Å²) >= 11 is 0. The number of rotatable bonds is 6. The molecule has 0 atom stereocenters. The average molecular weight is 456 g/mol. The average Bonchev–Trinajstić information content (AvgIpc) is 3.28. The molecule has 1 saturated carbocycles. The Kier molecular flexibility index (Phi) is 8.51. The molecule has 1 aromatic rings. The van der Waals surface area contributed by atoms with Gasteiger partial charge in [0.05, 0.1) is 6.54 Å². The Labute approximate surface area is 167 Å². The van der Waals surface area contributed by atoms with Crippen LogP contribution in [0.15, 0.2) is 35.5 Å². The first-order valence-electron chi connectivity index (χ1n) is 9.15. The smallest absolute Gasteiger partial charge is 0.218 e. The number of hydrogen-bond acceptors (Lipinski definition) is 3. The molecule has 2 N–H and O–H groups in total.